The number of urea groups is 1. The van der Waals surface area contributed by atoms with E-state index in [0.717, 1.165) is 23.4 Å². The van der Waals surface area contributed by atoms with Gasteiger partial charge in [0, 0.05) is 30.5 Å². The van der Waals surface area contributed by atoms with Gasteiger partial charge in [-0.15, -0.1) is 0 Å². The number of aryl methyl sites for hydroxylation is 1. The largest absolute Gasteiger partial charge is 0.325 e. The van der Waals surface area contributed by atoms with Crippen LogP contribution in [0.5, 0.6) is 0 Å². The van der Waals surface area contributed by atoms with E-state index >= 15 is 0 Å². The second-order valence-electron chi connectivity index (χ2n) is 7.14. The number of carbonyl (C=O) groups excluding carboxylic acids is 2. The highest BCUT2D eigenvalue weighted by Gasteiger charge is 2.35. The Balaban J connectivity index is 1.47. The molecule has 2 heterocycles. The van der Waals surface area contributed by atoms with Gasteiger partial charge in [0.05, 0.1) is 0 Å². The third kappa shape index (κ3) is 2.83. The molecule has 26 heavy (non-hydrogen) atoms. The van der Waals surface area contributed by atoms with E-state index in [0.29, 0.717) is 13.1 Å². The molecule has 0 radical (unpaired) electrons. The van der Waals surface area contributed by atoms with Gasteiger partial charge >= 0.3 is 6.03 Å². The molecule has 0 spiro atoms. The molecule has 2 aliphatic rings. The summed E-state index contributed by atoms with van der Waals surface area (Å²) in [6.07, 6.45) is 0.866. The smallest absolute Gasteiger partial charge is 0.313 e. The summed E-state index contributed by atoms with van der Waals surface area (Å²) in [6, 6.07) is 16.0. The molecule has 0 aromatic heterocycles. The van der Waals surface area contributed by atoms with Crippen LogP contribution in [0.15, 0.2) is 48.5 Å². The Kier molecular flexibility index (Phi) is 4.15. The zero-order chi connectivity index (χ0) is 18.3. The minimum absolute atomic E-state index is 0.0124. The summed E-state index contributed by atoms with van der Waals surface area (Å²) in [5.41, 5.74) is 4.22. The highest BCUT2D eigenvalue weighted by molar-refractivity contribution is 6.01. The summed E-state index contributed by atoms with van der Waals surface area (Å²) in [5, 5.41) is 0. The molecule has 2 aliphatic heterocycles. The average molecular weight is 349 g/mol. The minimum Gasteiger partial charge on any atom is -0.313 e. The van der Waals surface area contributed by atoms with Gasteiger partial charge in [0.25, 0.3) is 0 Å². The van der Waals surface area contributed by atoms with Crippen molar-refractivity contribution in [3.05, 3.63) is 59.7 Å². The molecule has 1 unspecified atom stereocenters. The summed E-state index contributed by atoms with van der Waals surface area (Å²) in [5.74, 6) is -0.0124. The zero-order valence-corrected chi connectivity index (χ0v) is 15.2. The zero-order valence-electron chi connectivity index (χ0n) is 15.2. The molecule has 0 saturated carbocycles. The Bertz CT molecular complexity index is 847. The molecule has 0 N–H and O–H groups in total. The lowest BCUT2D eigenvalue weighted by Gasteiger charge is -2.25. The summed E-state index contributed by atoms with van der Waals surface area (Å²) < 4.78 is 0. The van der Waals surface area contributed by atoms with Crippen molar-refractivity contribution in [2.75, 3.05) is 29.4 Å². The standard InChI is InChI=1S/C21H23N3O2/c1-15-7-9-18(10-8-15)23-12-11-22(21(23)26)14-20(25)24-16(2)13-17-5-3-4-6-19(17)24/h3-10,16H,11-14H2,1-2H3. The van der Waals surface area contributed by atoms with Crippen molar-refractivity contribution in [1.29, 1.82) is 0 Å². The van der Waals surface area contributed by atoms with Crippen molar-refractivity contribution in [2.24, 2.45) is 0 Å². The number of fused-ring (bicyclic) bond motifs is 1. The highest BCUT2D eigenvalue weighted by Crippen LogP contribution is 2.32. The highest BCUT2D eigenvalue weighted by atomic mass is 16.2. The van der Waals surface area contributed by atoms with Crippen LogP contribution in [-0.4, -0.2) is 42.5 Å². The van der Waals surface area contributed by atoms with Gasteiger partial charge in [-0.05, 0) is 44.0 Å². The Morgan fingerprint density at radius 1 is 1.08 bits per heavy atom. The lowest BCUT2D eigenvalue weighted by molar-refractivity contribution is -0.119. The van der Waals surface area contributed by atoms with E-state index in [1.165, 1.54) is 5.56 Å². The van der Waals surface area contributed by atoms with Crippen molar-refractivity contribution >= 4 is 23.3 Å². The average Bonchev–Trinajstić information content (AvgIpc) is 3.15. The first-order valence-corrected chi connectivity index (χ1v) is 9.07. The molecule has 2 aromatic rings. The van der Waals surface area contributed by atoms with Crippen LogP contribution in [0.3, 0.4) is 0 Å². The number of benzene rings is 2. The maximum absolute atomic E-state index is 12.9. The van der Waals surface area contributed by atoms with Gasteiger partial charge in [-0.2, -0.15) is 0 Å². The fraction of sp³-hybridized carbons (Fsp3) is 0.333. The number of rotatable bonds is 3. The van der Waals surface area contributed by atoms with Crippen molar-refractivity contribution in [1.82, 2.24) is 4.90 Å². The van der Waals surface area contributed by atoms with Gasteiger partial charge in [0.15, 0.2) is 0 Å². The SMILES string of the molecule is Cc1ccc(N2CCN(CC(=O)N3c4ccccc4CC3C)C2=O)cc1. The van der Waals surface area contributed by atoms with E-state index in [1.54, 1.807) is 9.80 Å². The molecule has 2 aromatic carbocycles. The molecule has 1 fully saturated rings. The van der Waals surface area contributed by atoms with Crippen LogP contribution in [0.2, 0.25) is 0 Å². The van der Waals surface area contributed by atoms with E-state index in [-0.39, 0.29) is 24.5 Å². The number of hydrogen-bond acceptors (Lipinski definition) is 2. The first kappa shape index (κ1) is 16.6. The van der Waals surface area contributed by atoms with Crippen molar-refractivity contribution in [2.45, 2.75) is 26.3 Å². The Morgan fingerprint density at radius 2 is 1.81 bits per heavy atom. The number of amides is 3. The van der Waals surface area contributed by atoms with E-state index in [9.17, 15) is 9.59 Å². The molecular weight excluding hydrogens is 326 g/mol. The van der Waals surface area contributed by atoms with Gasteiger partial charge in [0.2, 0.25) is 5.91 Å². The molecule has 0 bridgehead atoms. The van der Waals surface area contributed by atoms with Crippen LogP contribution in [0.4, 0.5) is 16.2 Å². The van der Waals surface area contributed by atoms with Crippen LogP contribution < -0.4 is 9.80 Å². The monoisotopic (exact) mass is 349 g/mol. The molecule has 1 saturated heterocycles. The van der Waals surface area contributed by atoms with Gasteiger partial charge in [-0.25, -0.2) is 4.79 Å². The minimum atomic E-state index is -0.0951. The van der Waals surface area contributed by atoms with Crippen LogP contribution >= 0.6 is 0 Å². The van der Waals surface area contributed by atoms with E-state index in [2.05, 4.69) is 13.0 Å². The first-order chi connectivity index (χ1) is 12.5. The number of hydrogen-bond donors (Lipinski definition) is 0. The van der Waals surface area contributed by atoms with Gasteiger partial charge in [0.1, 0.15) is 6.54 Å². The van der Waals surface area contributed by atoms with Crippen LogP contribution in [0.25, 0.3) is 0 Å². The fourth-order valence-electron chi connectivity index (χ4n) is 3.88. The maximum atomic E-state index is 12.9. The summed E-state index contributed by atoms with van der Waals surface area (Å²) >= 11 is 0. The van der Waals surface area contributed by atoms with E-state index in [1.807, 2.05) is 54.3 Å². The fourth-order valence-corrected chi connectivity index (χ4v) is 3.88. The molecule has 5 heteroatoms. The Hall–Kier alpha value is -2.82. The predicted molar refractivity (Wildman–Crippen MR) is 103 cm³/mol. The third-order valence-electron chi connectivity index (χ3n) is 5.24. The van der Waals surface area contributed by atoms with Gasteiger partial charge in [-0.3, -0.25) is 9.69 Å². The molecule has 1 atom stereocenters. The predicted octanol–water partition coefficient (Wildman–Crippen LogP) is 3.21. The van der Waals surface area contributed by atoms with Crippen molar-refractivity contribution in [3.63, 3.8) is 0 Å². The molecule has 5 nitrogen and oxygen atoms in total. The summed E-state index contributed by atoms with van der Waals surface area (Å²) in [6.45, 7) is 5.39. The Labute approximate surface area is 153 Å². The summed E-state index contributed by atoms with van der Waals surface area (Å²) in [7, 11) is 0. The maximum Gasteiger partial charge on any atom is 0.325 e. The number of para-hydroxylation sites is 1. The van der Waals surface area contributed by atoms with E-state index in [4.69, 9.17) is 0 Å². The lowest BCUT2D eigenvalue weighted by atomic mass is 10.1. The molecule has 4 rings (SSSR count). The van der Waals surface area contributed by atoms with Crippen LogP contribution in [-0.2, 0) is 11.2 Å². The van der Waals surface area contributed by atoms with Gasteiger partial charge < -0.3 is 9.80 Å². The first-order valence-electron chi connectivity index (χ1n) is 9.07. The van der Waals surface area contributed by atoms with Crippen molar-refractivity contribution in [3.8, 4) is 0 Å². The quantitative estimate of drug-likeness (QED) is 0.854. The number of nitrogens with zero attached hydrogens (tertiary/aromatic N) is 3. The number of anilines is 2. The van der Waals surface area contributed by atoms with Crippen LogP contribution in [0.1, 0.15) is 18.1 Å². The normalized spacial score (nSPS) is 19.2. The Morgan fingerprint density at radius 3 is 2.58 bits per heavy atom. The van der Waals surface area contributed by atoms with Gasteiger partial charge in [-0.1, -0.05) is 35.9 Å². The molecular formula is C21H23N3O2. The number of carbonyl (C=O) groups is 2. The van der Waals surface area contributed by atoms with Crippen LogP contribution in [0, 0.1) is 6.92 Å². The second-order valence-corrected chi connectivity index (χ2v) is 7.14. The third-order valence-corrected chi connectivity index (χ3v) is 5.24. The van der Waals surface area contributed by atoms with Crippen molar-refractivity contribution < 1.29 is 9.59 Å². The summed E-state index contributed by atoms with van der Waals surface area (Å²) in [4.78, 5) is 30.9. The molecule has 0 aliphatic carbocycles. The lowest BCUT2D eigenvalue weighted by Crippen LogP contribution is -2.44. The molecule has 134 valence electrons. The molecule has 3 amide bonds. The second kappa shape index (κ2) is 6.48. The van der Waals surface area contributed by atoms with E-state index < -0.39 is 0 Å². The topological polar surface area (TPSA) is 43.9 Å².